The molecule has 0 aliphatic carbocycles. The average Bonchev–Trinajstić information content (AvgIpc) is 2.71. The van der Waals surface area contributed by atoms with E-state index in [0.717, 1.165) is 0 Å². The van der Waals surface area contributed by atoms with Gasteiger partial charge in [-0.05, 0) is 36.4 Å². The maximum absolute atomic E-state index is 12.0. The lowest BCUT2D eigenvalue weighted by Crippen LogP contribution is -2.36. The number of esters is 1. The Hall–Kier alpha value is -3.55. The smallest absolute Gasteiger partial charge is 0.339 e. The van der Waals surface area contributed by atoms with Gasteiger partial charge in [-0.3, -0.25) is 9.59 Å². The molecule has 27 heavy (non-hydrogen) atoms. The second-order valence-electron chi connectivity index (χ2n) is 5.33. The highest BCUT2D eigenvalue weighted by Gasteiger charge is 2.13. The van der Waals surface area contributed by atoms with Crippen molar-refractivity contribution in [2.45, 2.75) is 0 Å². The first-order chi connectivity index (χ1) is 13.0. The van der Waals surface area contributed by atoms with Gasteiger partial charge in [-0.25, -0.2) is 4.79 Å². The summed E-state index contributed by atoms with van der Waals surface area (Å²) in [6, 6.07) is 13.2. The molecule has 0 aliphatic rings. The Bertz CT molecular complexity index is 804. The maximum atomic E-state index is 12.0. The van der Waals surface area contributed by atoms with Gasteiger partial charge in [0.25, 0.3) is 5.91 Å². The maximum Gasteiger partial charge on any atom is 0.339 e. The lowest BCUT2D eigenvalue weighted by atomic mass is 10.2. The fourth-order valence-corrected chi connectivity index (χ4v) is 2.13. The van der Waals surface area contributed by atoms with Crippen LogP contribution >= 0.6 is 0 Å². The SMILES string of the molecule is COC(=O)c1ccccc1NC(=O)CNC(=O)COc1ccc(OC)cc1. The van der Waals surface area contributed by atoms with Gasteiger partial charge in [0.15, 0.2) is 6.61 Å². The molecule has 8 nitrogen and oxygen atoms in total. The zero-order valence-corrected chi connectivity index (χ0v) is 15.0. The van der Waals surface area contributed by atoms with Crippen LogP contribution in [-0.2, 0) is 14.3 Å². The van der Waals surface area contributed by atoms with Crippen LogP contribution in [0.2, 0.25) is 0 Å². The number of methoxy groups -OCH3 is 2. The van der Waals surface area contributed by atoms with Crippen molar-refractivity contribution in [3.63, 3.8) is 0 Å². The number of para-hydroxylation sites is 1. The van der Waals surface area contributed by atoms with Crippen LogP contribution in [0.5, 0.6) is 11.5 Å². The number of benzene rings is 2. The van der Waals surface area contributed by atoms with E-state index >= 15 is 0 Å². The van der Waals surface area contributed by atoms with Crippen molar-refractivity contribution >= 4 is 23.5 Å². The summed E-state index contributed by atoms with van der Waals surface area (Å²) in [5.74, 6) is -0.327. The largest absolute Gasteiger partial charge is 0.497 e. The number of ether oxygens (including phenoxy) is 3. The molecule has 0 saturated heterocycles. The molecule has 2 aromatic carbocycles. The van der Waals surface area contributed by atoms with Gasteiger partial charge < -0.3 is 24.8 Å². The predicted molar refractivity (Wildman–Crippen MR) is 97.9 cm³/mol. The Kier molecular flexibility index (Phi) is 7.18. The lowest BCUT2D eigenvalue weighted by Gasteiger charge is -2.11. The molecule has 0 spiro atoms. The van der Waals surface area contributed by atoms with Gasteiger partial charge in [-0.15, -0.1) is 0 Å². The minimum Gasteiger partial charge on any atom is -0.497 e. The number of hydrogen-bond donors (Lipinski definition) is 2. The molecule has 2 rings (SSSR count). The highest BCUT2D eigenvalue weighted by atomic mass is 16.5. The molecule has 0 unspecified atom stereocenters. The molecule has 2 aromatic rings. The summed E-state index contributed by atoms with van der Waals surface area (Å²) in [6.07, 6.45) is 0. The Labute approximate surface area is 156 Å². The topological polar surface area (TPSA) is 103 Å². The van der Waals surface area contributed by atoms with Crippen LogP contribution in [-0.4, -0.2) is 45.2 Å². The van der Waals surface area contributed by atoms with Gasteiger partial charge in [-0.1, -0.05) is 12.1 Å². The second kappa shape index (κ2) is 9.81. The molecule has 0 aliphatic heterocycles. The van der Waals surface area contributed by atoms with Crippen molar-refractivity contribution in [3.05, 3.63) is 54.1 Å². The molecule has 2 amide bonds. The fourth-order valence-electron chi connectivity index (χ4n) is 2.13. The molecular formula is C19H20N2O6. The van der Waals surface area contributed by atoms with Gasteiger partial charge in [0.05, 0.1) is 32.0 Å². The van der Waals surface area contributed by atoms with E-state index < -0.39 is 17.8 Å². The Balaban J connectivity index is 1.79. The fraction of sp³-hybridized carbons (Fsp3) is 0.211. The molecule has 0 bridgehead atoms. The zero-order chi connectivity index (χ0) is 19.6. The van der Waals surface area contributed by atoms with Crippen LogP contribution in [0.3, 0.4) is 0 Å². The van der Waals surface area contributed by atoms with Crippen LogP contribution in [0.1, 0.15) is 10.4 Å². The van der Waals surface area contributed by atoms with Crippen molar-refractivity contribution in [1.29, 1.82) is 0 Å². The third kappa shape index (κ3) is 6.03. The van der Waals surface area contributed by atoms with Gasteiger partial charge in [0.2, 0.25) is 5.91 Å². The van der Waals surface area contributed by atoms with Crippen LogP contribution in [0.4, 0.5) is 5.69 Å². The molecule has 0 aromatic heterocycles. The summed E-state index contributed by atoms with van der Waals surface area (Å²) in [5, 5.41) is 5.00. The predicted octanol–water partition coefficient (Wildman–Crippen LogP) is 1.62. The Morgan fingerprint density at radius 2 is 1.56 bits per heavy atom. The van der Waals surface area contributed by atoms with E-state index in [4.69, 9.17) is 9.47 Å². The molecule has 0 heterocycles. The van der Waals surface area contributed by atoms with Crippen molar-refractivity contribution in [1.82, 2.24) is 5.32 Å². The van der Waals surface area contributed by atoms with E-state index in [1.165, 1.54) is 13.2 Å². The molecule has 0 radical (unpaired) electrons. The van der Waals surface area contributed by atoms with E-state index in [1.54, 1.807) is 49.6 Å². The molecule has 8 heteroatoms. The monoisotopic (exact) mass is 372 g/mol. The average molecular weight is 372 g/mol. The number of carbonyl (C=O) groups is 3. The second-order valence-corrected chi connectivity index (χ2v) is 5.33. The molecule has 0 saturated carbocycles. The summed E-state index contributed by atoms with van der Waals surface area (Å²) in [5.41, 5.74) is 0.528. The van der Waals surface area contributed by atoms with Gasteiger partial charge >= 0.3 is 5.97 Å². The van der Waals surface area contributed by atoms with E-state index in [0.29, 0.717) is 17.2 Å². The number of nitrogens with one attached hydrogen (secondary N) is 2. The minimum atomic E-state index is -0.567. The van der Waals surface area contributed by atoms with Gasteiger partial charge in [0.1, 0.15) is 11.5 Å². The summed E-state index contributed by atoms with van der Waals surface area (Å²) in [6.45, 7) is -0.501. The highest BCUT2D eigenvalue weighted by molar-refractivity contribution is 6.02. The van der Waals surface area contributed by atoms with E-state index in [2.05, 4.69) is 15.4 Å². The number of carbonyl (C=O) groups excluding carboxylic acids is 3. The minimum absolute atomic E-state index is 0.225. The van der Waals surface area contributed by atoms with Gasteiger partial charge in [0, 0.05) is 0 Å². The molecule has 0 fully saturated rings. The normalized spacial score (nSPS) is 9.85. The van der Waals surface area contributed by atoms with Crippen molar-refractivity contribution in [2.75, 3.05) is 32.7 Å². The first-order valence-electron chi connectivity index (χ1n) is 8.04. The van der Waals surface area contributed by atoms with E-state index in [-0.39, 0.29) is 18.7 Å². The third-order valence-corrected chi connectivity index (χ3v) is 3.48. The van der Waals surface area contributed by atoms with Crippen molar-refractivity contribution in [3.8, 4) is 11.5 Å². The summed E-state index contributed by atoms with van der Waals surface area (Å²) < 4.78 is 15.0. The van der Waals surface area contributed by atoms with Crippen molar-refractivity contribution < 1.29 is 28.6 Å². The number of amides is 2. The number of rotatable bonds is 8. The lowest BCUT2D eigenvalue weighted by molar-refractivity contribution is -0.125. The quantitative estimate of drug-likeness (QED) is 0.683. The molecular weight excluding hydrogens is 352 g/mol. The summed E-state index contributed by atoms with van der Waals surface area (Å²) in [4.78, 5) is 35.5. The molecule has 0 atom stereocenters. The van der Waals surface area contributed by atoms with Crippen molar-refractivity contribution in [2.24, 2.45) is 0 Å². The van der Waals surface area contributed by atoms with E-state index in [9.17, 15) is 14.4 Å². The first kappa shape index (κ1) is 19.8. The van der Waals surface area contributed by atoms with E-state index in [1.807, 2.05) is 0 Å². The standard InChI is InChI=1S/C19H20N2O6/c1-25-13-7-9-14(10-8-13)27-12-18(23)20-11-17(22)21-16-6-4-3-5-15(16)19(24)26-2/h3-10H,11-12H2,1-2H3,(H,20,23)(H,21,22). The number of anilines is 1. The van der Waals surface area contributed by atoms with Gasteiger partial charge in [-0.2, -0.15) is 0 Å². The zero-order valence-electron chi connectivity index (χ0n) is 15.0. The highest BCUT2D eigenvalue weighted by Crippen LogP contribution is 2.17. The van der Waals surface area contributed by atoms with Crippen LogP contribution in [0.25, 0.3) is 0 Å². The first-order valence-corrected chi connectivity index (χ1v) is 8.04. The Morgan fingerprint density at radius 1 is 0.889 bits per heavy atom. The summed E-state index contributed by atoms with van der Waals surface area (Å²) in [7, 11) is 2.81. The third-order valence-electron chi connectivity index (χ3n) is 3.48. The number of hydrogen-bond acceptors (Lipinski definition) is 6. The molecule has 2 N–H and O–H groups in total. The van der Waals surface area contributed by atoms with Crippen LogP contribution < -0.4 is 20.1 Å². The van der Waals surface area contributed by atoms with Crippen LogP contribution in [0.15, 0.2) is 48.5 Å². The van der Waals surface area contributed by atoms with Crippen LogP contribution in [0, 0.1) is 0 Å². The summed E-state index contributed by atoms with van der Waals surface area (Å²) >= 11 is 0. The Morgan fingerprint density at radius 3 is 2.22 bits per heavy atom. The molecule has 142 valence electrons.